The van der Waals surface area contributed by atoms with Crippen molar-refractivity contribution in [2.45, 2.75) is 32.4 Å². The van der Waals surface area contributed by atoms with Crippen LogP contribution in [0.1, 0.15) is 20.3 Å². The minimum atomic E-state index is -0.251. The first-order chi connectivity index (χ1) is 7.15. The Morgan fingerprint density at radius 3 is 2.73 bits per heavy atom. The van der Waals surface area contributed by atoms with E-state index in [9.17, 15) is 4.79 Å². The molecular weight excluding hydrogens is 192 g/mol. The lowest BCUT2D eigenvalue weighted by molar-refractivity contribution is -0.122. The van der Waals surface area contributed by atoms with Gasteiger partial charge >= 0.3 is 0 Å². The Bertz CT molecular complexity index is 223. The summed E-state index contributed by atoms with van der Waals surface area (Å²) in [6.45, 7) is 4.72. The van der Waals surface area contributed by atoms with Crippen molar-refractivity contribution in [3.63, 3.8) is 0 Å². The van der Waals surface area contributed by atoms with Crippen LogP contribution in [0.3, 0.4) is 0 Å². The quantitative estimate of drug-likeness (QED) is 0.590. The molecule has 0 spiro atoms. The van der Waals surface area contributed by atoms with Crippen LogP contribution in [-0.2, 0) is 9.53 Å². The van der Waals surface area contributed by atoms with Crippen molar-refractivity contribution in [2.75, 3.05) is 20.3 Å². The Morgan fingerprint density at radius 2 is 2.27 bits per heavy atom. The number of hydrogen-bond acceptors (Lipinski definition) is 3. The highest BCUT2D eigenvalue weighted by molar-refractivity contribution is 5.81. The third kappa shape index (κ3) is 6.10. The van der Waals surface area contributed by atoms with E-state index in [4.69, 9.17) is 11.2 Å². The molecule has 86 valence electrons. The summed E-state index contributed by atoms with van der Waals surface area (Å²) in [6.07, 6.45) is 5.96. The summed E-state index contributed by atoms with van der Waals surface area (Å²) in [6, 6.07) is -0.0555. The molecule has 0 saturated carbocycles. The molecule has 4 heteroatoms. The molecule has 2 atom stereocenters. The standard InChI is InChI=1S/C11H20N2O2/c1-5-7-12-11(14)9(3)13-10(6-2)8-15-4/h1,9-10,13H,6-8H2,2-4H3,(H,12,14). The first-order valence-corrected chi connectivity index (χ1v) is 5.11. The number of methoxy groups -OCH3 is 1. The normalized spacial score (nSPS) is 14.0. The van der Waals surface area contributed by atoms with Crippen LogP contribution in [0.25, 0.3) is 0 Å². The molecule has 0 aliphatic rings. The lowest BCUT2D eigenvalue weighted by Gasteiger charge is -2.20. The maximum Gasteiger partial charge on any atom is 0.237 e. The topological polar surface area (TPSA) is 50.4 Å². The number of terminal acetylenes is 1. The van der Waals surface area contributed by atoms with Crippen LogP contribution >= 0.6 is 0 Å². The smallest absolute Gasteiger partial charge is 0.237 e. The maximum absolute atomic E-state index is 11.4. The Balaban J connectivity index is 3.93. The molecule has 0 rings (SSSR count). The molecule has 15 heavy (non-hydrogen) atoms. The summed E-state index contributed by atoms with van der Waals surface area (Å²) in [5.74, 6) is 2.28. The molecule has 0 aliphatic carbocycles. The zero-order valence-electron chi connectivity index (χ0n) is 9.67. The average Bonchev–Trinajstić information content (AvgIpc) is 2.24. The Kier molecular flexibility index (Phi) is 7.69. The van der Waals surface area contributed by atoms with E-state index < -0.39 is 0 Å². The highest BCUT2D eigenvalue weighted by Crippen LogP contribution is 1.94. The highest BCUT2D eigenvalue weighted by Gasteiger charge is 2.15. The first kappa shape index (κ1) is 13.9. The summed E-state index contributed by atoms with van der Waals surface area (Å²) in [4.78, 5) is 11.4. The predicted octanol–water partition coefficient (Wildman–Crippen LogP) is 0.139. The second kappa shape index (κ2) is 8.27. The fourth-order valence-electron chi connectivity index (χ4n) is 1.21. The number of carbonyl (C=O) groups excluding carboxylic acids is 1. The molecule has 1 amide bonds. The molecule has 0 heterocycles. The minimum Gasteiger partial charge on any atom is -0.383 e. The van der Waals surface area contributed by atoms with Gasteiger partial charge < -0.3 is 15.4 Å². The van der Waals surface area contributed by atoms with Gasteiger partial charge in [0.05, 0.1) is 19.2 Å². The second-order valence-corrected chi connectivity index (χ2v) is 3.37. The largest absolute Gasteiger partial charge is 0.383 e. The van der Waals surface area contributed by atoms with Crippen LogP contribution in [0, 0.1) is 12.3 Å². The molecule has 0 aromatic heterocycles. The van der Waals surface area contributed by atoms with Crippen molar-refractivity contribution < 1.29 is 9.53 Å². The van der Waals surface area contributed by atoms with Gasteiger partial charge in [0.15, 0.2) is 0 Å². The number of nitrogens with one attached hydrogen (secondary N) is 2. The van der Waals surface area contributed by atoms with Crippen molar-refractivity contribution in [1.82, 2.24) is 10.6 Å². The Hall–Kier alpha value is -1.05. The van der Waals surface area contributed by atoms with E-state index in [2.05, 4.69) is 16.6 Å². The van der Waals surface area contributed by atoms with E-state index in [1.54, 1.807) is 7.11 Å². The summed E-state index contributed by atoms with van der Waals surface area (Å²) < 4.78 is 5.03. The fourth-order valence-corrected chi connectivity index (χ4v) is 1.21. The molecule has 0 aromatic carbocycles. The van der Waals surface area contributed by atoms with Gasteiger partial charge in [0, 0.05) is 13.2 Å². The monoisotopic (exact) mass is 212 g/mol. The van der Waals surface area contributed by atoms with E-state index in [0.29, 0.717) is 6.61 Å². The van der Waals surface area contributed by atoms with Crippen LogP contribution in [0.4, 0.5) is 0 Å². The molecule has 0 aromatic rings. The molecule has 0 fully saturated rings. The summed E-state index contributed by atoms with van der Waals surface area (Å²) in [5, 5.41) is 5.80. The molecule has 2 N–H and O–H groups in total. The van der Waals surface area contributed by atoms with Gasteiger partial charge in [-0.15, -0.1) is 6.42 Å². The third-order valence-corrected chi connectivity index (χ3v) is 2.10. The molecule has 0 radical (unpaired) electrons. The van der Waals surface area contributed by atoms with Gasteiger partial charge in [-0.1, -0.05) is 12.8 Å². The molecule has 0 aliphatic heterocycles. The Labute approximate surface area is 91.8 Å². The average molecular weight is 212 g/mol. The summed E-state index contributed by atoms with van der Waals surface area (Å²) in [7, 11) is 1.65. The van der Waals surface area contributed by atoms with Gasteiger partial charge in [-0.25, -0.2) is 0 Å². The van der Waals surface area contributed by atoms with Crippen LogP contribution in [0.15, 0.2) is 0 Å². The zero-order valence-corrected chi connectivity index (χ0v) is 9.67. The summed E-state index contributed by atoms with van der Waals surface area (Å²) in [5.41, 5.74) is 0. The van der Waals surface area contributed by atoms with Gasteiger partial charge in [0.1, 0.15) is 0 Å². The SMILES string of the molecule is C#CCNC(=O)C(C)NC(CC)COC. The van der Waals surface area contributed by atoms with Crippen molar-refractivity contribution in [1.29, 1.82) is 0 Å². The fraction of sp³-hybridized carbons (Fsp3) is 0.727. The van der Waals surface area contributed by atoms with Gasteiger partial charge in [-0.3, -0.25) is 4.79 Å². The van der Waals surface area contributed by atoms with Crippen molar-refractivity contribution in [3.8, 4) is 12.3 Å². The van der Waals surface area contributed by atoms with Gasteiger partial charge in [0.25, 0.3) is 0 Å². The molecule has 0 saturated heterocycles. The van der Waals surface area contributed by atoms with Crippen LogP contribution in [-0.4, -0.2) is 38.3 Å². The number of hydrogen-bond donors (Lipinski definition) is 2. The van der Waals surface area contributed by atoms with Crippen LogP contribution in [0.2, 0.25) is 0 Å². The van der Waals surface area contributed by atoms with Gasteiger partial charge in [0.2, 0.25) is 5.91 Å². The van der Waals surface area contributed by atoms with Crippen LogP contribution in [0.5, 0.6) is 0 Å². The molecule has 2 unspecified atom stereocenters. The lowest BCUT2D eigenvalue weighted by Crippen LogP contribution is -2.47. The first-order valence-electron chi connectivity index (χ1n) is 5.11. The van der Waals surface area contributed by atoms with E-state index in [1.165, 1.54) is 0 Å². The van der Waals surface area contributed by atoms with E-state index in [1.807, 2.05) is 13.8 Å². The summed E-state index contributed by atoms with van der Waals surface area (Å²) >= 11 is 0. The van der Waals surface area contributed by atoms with E-state index >= 15 is 0 Å². The third-order valence-electron chi connectivity index (χ3n) is 2.10. The van der Waals surface area contributed by atoms with Gasteiger partial charge in [-0.05, 0) is 13.3 Å². The maximum atomic E-state index is 11.4. The predicted molar refractivity (Wildman–Crippen MR) is 60.4 cm³/mol. The molecule has 0 bridgehead atoms. The van der Waals surface area contributed by atoms with Crippen LogP contribution < -0.4 is 10.6 Å². The second-order valence-electron chi connectivity index (χ2n) is 3.37. The number of carbonyl (C=O) groups is 1. The molecular formula is C11H20N2O2. The van der Waals surface area contributed by atoms with Crippen molar-refractivity contribution in [2.24, 2.45) is 0 Å². The van der Waals surface area contributed by atoms with E-state index in [0.717, 1.165) is 6.42 Å². The zero-order chi connectivity index (χ0) is 11.7. The van der Waals surface area contributed by atoms with E-state index in [-0.39, 0.29) is 24.5 Å². The van der Waals surface area contributed by atoms with Crippen molar-refractivity contribution >= 4 is 5.91 Å². The lowest BCUT2D eigenvalue weighted by atomic mass is 10.2. The number of rotatable bonds is 7. The van der Waals surface area contributed by atoms with Crippen molar-refractivity contribution in [3.05, 3.63) is 0 Å². The number of amides is 1. The van der Waals surface area contributed by atoms with Gasteiger partial charge in [-0.2, -0.15) is 0 Å². The highest BCUT2D eigenvalue weighted by atomic mass is 16.5. The minimum absolute atomic E-state index is 0.0810. The number of ether oxygens (including phenoxy) is 1. The Morgan fingerprint density at radius 1 is 1.60 bits per heavy atom. The molecule has 4 nitrogen and oxygen atoms in total.